The first-order valence-electron chi connectivity index (χ1n) is 10.0. The Bertz CT molecular complexity index is 1300. The van der Waals surface area contributed by atoms with E-state index in [1.165, 1.54) is 32.4 Å². The molecule has 0 saturated heterocycles. The Hall–Kier alpha value is -3.92. The number of sulfonamides is 1. The number of methoxy groups -OCH3 is 2. The summed E-state index contributed by atoms with van der Waals surface area (Å²) < 4.78 is 39.1. The molecule has 9 nitrogen and oxygen atoms in total. The van der Waals surface area contributed by atoms with E-state index in [0.29, 0.717) is 17.7 Å². The highest BCUT2D eigenvalue weighted by molar-refractivity contribution is 7.94. The summed E-state index contributed by atoms with van der Waals surface area (Å²) in [6.07, 6.45) is 3.11. The highest BCUT2D eigenvalue weighted by Crippen LogP contribution is 2.30. The summed E-state index contributed by atoms with van der Waals surface area (Å²) >= 11 is 0. The van der Waals surface area contributed by atoms with Gasteiger partial charge < -0.3 is 24.5 Å². The molecule has 1 aromatic heterocycles. The van der Waals surface area contributed by atoms with Crippen LogP contribution in [0.3, 0.4) is 0 Å². The number of allylic oxidation sites excluding steroid dienone is 1. The van der Waals surface area contributed by atoms with E-state index >= 15 is 0 Å². The lowest BCUT2D eigenvalue weighted by atomic mass is 9.87. The van der Waals surface area contributed by atoms with E-state index < -0.39 is 10.0 Å². The molecule has 4 rings (SSSR count). The van der Waals surface area contributed by atoms with Crippen LogP contribution >= 0.6 is 0 Å². The van der Waals surface area contributed by atoms with E-state index in [1.54, 1.807) is 18.3 Å². The number of aryl methyl sites for hydroxylation is 1. The molecule has 1 heterocycles. The number of hydrogen-bond donors (Lipinski definition) is 1. The first-order chi connectivity index (χ1) is 15.9. The van der Waals surface area contributed by atoms with Crippen molar-refractivity contribution < 1.29 is 22.7 Å². The maximum Gasteiger partial charge on any atom is 0.215 e. The molecule has 170 valence electrons. The molecule has 0 spiro atoms. The number of Topliss-reactive ketones (excluding diaryl/α,β-unsaturated/α-hetero) is 1. The molecule has 0 atom stereocenters. The predicted molar refractivity (Wildman–Crippen MR) is 123 cm³/mol. The molecular weight excluding hydrogens is 444 g/mol. The van der Waals surface area contributed by atoms with Crippen molar-refractivity contribution in [3.05, 3.63) is 82.2 Å². The Kier molecular flexibility index (Phi) is 6.27. The Morgan fingerprint density at radius 3 is 2.48 bits per heavy atom. The average Bonchev–Trinajstić information content (AvgIpc) is 2.83. The number of anilines is 1. The maximum absolute atomic E-state index is 12.7. The molecule has 0 amide bonds. The summed E-state index contributed by atoms with van der Waals surface area (Å²) in [6, 6.07) is 14.9. The SMILES string of the molecule is COc1cc([N-]S(=O)(=O)c2ccc(N/C=C3/CCc4ccccc4C3=O)cc2)nc(OC)n1. The number of nitrogens with one attached hydrogen (secondary N) is 1. The second-order valence-corrected chi connectivity index (χ2v) is 8.75. The van der Waals surface area contributed by atoms with Gasteiger partial charge in [0.2, 0.25) is 21.9 Å². The third-order valence-electron chi connectivity index (χ3n) is 5.06. The highest BCUT2D eigenvalue weighted by atomic mass is 32.2. The third-order valence-corrected chi connectivity index (χ3v) is 6.35. The molecule has 1 N–H and O–H groups in total. The average molecular weight is 466 g/mol. The Balaban J connectivity index is 1.47. The summed E-state index contributed by atoms with van der Waals surface area (Å²) in [5, 5.41) is 3.07. The standard InChI is InChI=1S/C23H22N4O5S/c1-31-21-13-20(25-23(26-21)32-2)27-33(29,30)18-11-9-17(10-12-18)24-14-16-8-7-15-5-3-4-6-19(15)22(16)28/h3-6,9-14H,7-8H2,1-2H3,(H2,24,25,26,27,28)/p-1. The lowest BCUT2D eigenvalue weighted by Crippen LogP contribution is -2.15. The van der Waals surface area contributed by atoms with Gasteiger partial charge in [0.1, 0.15) is 0 Å². The highest BCUT2D eigenvalue weighted by Gasteiger charge is 2.21. The van der Waals surface area contributed by atoms with Crippen LogP contribution in [0.15, 0.2) is 71.3 Å². The van der Waals surface area contributed by atoms with E-state index in [2.05, 4.69) is 20.0 Å². The molecule has 0 radical (unpaired) electrons. The fraction of sp³-hybridized carbons (Fsp3) is 0.174. The minimum atomic E-state index is -4.03. The van der Waals surface area contributed by atoms with Crippen LogP contribution in [-0.2, 0) is 16.4 Å². The fourth-order valence-electron chi connectivity index (χ4n) is 3.36. The molecule has 1 aliphatic carbocycles. The molecule has 2 aromatic carbocycles. The van der Waals surface area contributed by atoms with Gasteiger partial charge in [-0.25, -0.2) is 8.42 Å². The van der Waals surface area contributed by atoms with Gasteiger partial charge in [0.05, 0.1) is 19.1 Å². The van der Waals surface area contributed by atoms with Gasteiger partial charge >= 0.3 is 0 Å². The number of benzene rings is 2. The van der Waals surface area contributed by atoms with Crippen molar-refractivity contribution in [2.75, 3.05) is 19.5 Å². The van der Waals surface area contributed by atoms with Gasteiger partial charge in [0.25, 0.3) is 0 Å². The topological polar surface area (TPSA) is 122 Å². The van der Waals surface area contributed by atoms with Crippen molar-refractivity contribution >= 4 is 27.3 Å². The van der Waals surface area contributed by atoms with Gasteiger partial charge in [-0.05, 0) is 48.5 Å². The van der Waals surface area contributed by atoms with E-state index in [0.717, 1.165) is 17.5 Å². The Labute approximate surface area is 191 Å². The van der Waals surface area contributed by atoms with Crippen LogP contribution in [0.1, 0.15) is 22.3 Å². The predicted octanol–water partition coefficient (Wildman–Crippen LogP) is 4.01. The van der Waals surface area contributed by atoms with Gasteiger partial charge in [0.15, 0.2) is 5.78 Å². The largest absolute Gasteiger partial charge is 0.483 e. The van der Waals surface area contributed by atoms with Gasteiger partial charge in [-0.1, -0.05) is 24.3 Å². The van der Waals surface area contributed by atoms with Crippen LogP contribution in [-0.4, -0.2) is 38.4 Å². The number of carbonyl (C=O) groups excluding carboxylic acids is 1. The number of ketones is 1. The molecule has 0 unspecified atom stereocenters. The van der Waals surface area contributed by atoms with Crippen molar-refractivity contribution in [3.63, 3.8) is 0 Å². The molecule has 1 aliphatic rings. The molecule has 10 heteroatoms. The lowest BCUT2D eigenvalue weighted by molar-refractivity contribution is 0.102. The minimum absolute atomic E-state index is 0.00180. The maximum atomic E-state index is 12.7. The molecule has 0 aliphatic heterocycles. The first kappa shape index (κ1) is 22.3. The second-order valence-electron chi connectivity index (χ2n) is 7.15. The van der Waals surface area contributed by atoms with Crippen molar-refractivity contribution in [2.24, 2.45) is 0 Å². The zero-order chi connectivity index (χ0) is 23.4. The van der Waals surface area contributed by atoms with Crippen LogP contribution < -0.4 is 14.8 Å². The fourth-order valence-corrected chi connectivity index (χ4v) is 4.28. The number of aromatic nitrogens is 2. The third kappa shape index (κ3) is 4.96. The quantitative estimate of drug-likeness (QED) is 0.520. The van der Waals surface area contributed by atoms with Gasteiger partial charge in [0, 0.05) is 29.1 Å². The van der Waals surface area contributed by atoms with Crippen molar-refractivity contribution in [2.45, 2.75) is 17.7 Å². The summed E-state index contributed by atoms with van der Waals surface area (Å²) in [7, 11) is -1.29. The van der Waals surface area contributed by atoms with Crippen LogP contribution in [0, 0.1) is 0 Å². The monoisotopic (exact) mass is 465 g/mol. The number of hydrogen-bond acceptors (Lipinski definition) is 8. The number of nitrogens with zero attached hydrogens (tertiary/aromatic N) is 3. The van der Waals surface area contributed by atoms with Crippen molar-refractivity contribution in [3.8, 4) is 11.9 Å². The number of fused-ring (bicyclic) bond motifs is 1. The van der Waals surface area contributed by atoms with E-state index in [9.17, 15) is 13.2 Å². The second kappa shape index (κ2) is 9.29. The van der Waals surface area contributed by atoms with Gasteiger partial charge in [-0.3, -0.25) is 4.79 Å². The van der Waals surface area contributed by atoms with Crippen LogP contribution in [0.2, 0.25) is 0 Å². The van der Waals surface area contributed by atoms with Crippen LogP contribution in [0.4, 0.5) is 11.5 Å². The van der Waals surface area contributed by atoms with Gasteiger partial charge in [-0.15, -0.1) is 0 Å². The molecule has 0 saturated carbocycles. The molecule has 0 fully saturated rings. The van der Waals surface area contributed by atoms with Crippen LogP contribution in [0.5, 0.6) is 11.9 Å². The normalized spacial score (nSPS) is 14.5. The number of carbonyl (C=O) groups is 1. The molecular formula is C23H21N4O5S-. The smallest absolute Gasteiger partial charge is 0.215 e. The summed E-state index contributed by atoms with van der Waals surface area (Å²) in [4.78, 5) is 20.5. The number of rotatable bonds is 7. The Morgan fingerprint density at radius 2 is 1.76 bits per heavy atom. The van der Waals surface area contributed by atoms with Crippen molar-refractivity contribution in [1.82, 2.24) is 9.97 Å². The first-order valence-corrected chi connectivity index (χ1v) is 11.5. The molecule has 3 aromatic rings. The summed E-state index contributed by atoms with van der Waals surface area (Å²) in [6.45, 7) is 0. The molecule has 0 bridgehead atoms. The van der Waals surface area contributed by atoms with Crippen LogP contribution in [0.25, 0.3) is 4.72 Å². The van der Waals surface area contributed by atoms with E-state index in [-0.39, 0.29) is 28.4 Å². The van der Waals surface area contributed by atoms with E-state index in [4.69, 9.17) is 9.47 Å². The zero-order valence-corrected chi connectivity index (χ0v) is 18.8. The molecule has 33 heavy (non-hydrogen) atoms. The Morgan fingerprint density at radius 1 is 1.00 bits per heavy atom. The zero-order valence-electron chi connectivity index (χ0n) is 18.0. The minimum Gasteiger partial charge on any atom is -0.483 e. The lowest BCUT2D eigenvalue weighted by Gasteiger charge is -2.18. The summed E-state index contributed by atoms with van der Waals surface area (Å²) in [5.74, 6) is 0.0167. The van der Waals surface area contributed by atoms with Crippen molar-refractivity contribution in [1.29, 1.82) is 0 Å². The number of ether oxygens (including phenoxy) is 2. The van der Waals surface area contributed by atoms with E-state index in [1.807, 2.05) is 24.3 Å². The summed E-state index contributed by atoms with van der Waals surface area (Å²) in [5.41, 5.74) is 3.08. The van der Waals surface area contributed by atoms with Gasteiger partial charge in [-0.2, -0.15) is 4.98 Å².